The Hall–Kier alpha value is -0.0400. The highest BCUT2D eigenvalue weighted by Gasteiger charge is 2.13. The molecule has 0 spiro atoms. The highest BCUT2D eigenvalue weighted by atomic mass is 16.5. The Bertz CT molecular complexity index is 65.0. The SMILES string of the molecule is C[CH]OCC1CCCC1. The van der Waals surface area contributed by atoms with Crippen LogP contribution >= 0.6 is 0 Å². The predicted octanol–water partition coefficient (Wildman–Crippen LogP) is 2.37. The van der Waals surface area contributed by atoms with E-state index < -0.39 is 0 Å². The van der Waals surface area contributed by atoms with E-state index in [1.165, 1.54) is 25.7 Å². The molecule has 1 aliphatic carbocycles. The van der Waals surface area contributed by atoms with Crippen molar-refractivity contribution in [2.24, 2.45) is 5.92 Å². The maximum absolute atomic E-state index is 5.19. The summed E-state index contributed by atoms with van der Waals surface area (Å²) in [6.07, 6.45) is 5.59. The number of ether oxygens (including phenoxy) is 1. The lowest BCUT2D eigenvalue weighted by molar-refractivity contribution is 0.160. The van der Waals surface area contributed by atoms with Gasteiger partial charge in [-0.2, -0.15) is 0 Å². The van der Waals surface area contributed by atoms with E-state index in [1.54, 1.807) is 6.61 Å². The molecule has 1 saturated carbocycles. The summed E-state index contributed by atoms with van der Waals surface area (Å²) in [5.41, 5.74) is 0. The lowest BCUT2D eigenvalue weighted by atomic mass is 10.1. The predicted molar refractivity (Wildman–Crippen MR) is 37.9 cm³/mol. The van der Waals surface area contributed by atoms with Gasteiger partial charge in [0, 0.05) is 6.61 Å². The molecule has 0 atom stereocenters. The van der Waals surface area contributed by atoms with Crippen LogP contribution in [0.4, 0.5) is 0 Å². The van der Waals surface area contributed by atoms with E-state index in [0.717, 1.165) is 12.5 Å². The molecule has 0 aromatic carbocycles. The largest absolute Gasteiger partial charge is 0.376 e. The molecule has 0 N–H and O–H groups in total. The second-order valence-electron chi connectivity index (χ2n) is 2.72. The monoisotopic (exact) mass is 127 g/mol. The quantitative estimate of drug-likeness (QED) is 0.565. The Morgan fingerprint density at radius 1 is 1.44 bits per heavy atom. The van der Waals surface area contributed by atoms with E-state index in [-0.39, 0.29) is 0 Å². The van der Waals surface area contributed by atoms with Gasteiger partial charge in [-0.3, -0.25) is 0 Å². The second-order valence-corrected chi connectivity index (χ2v) is 2.72. The second kappa shape index (κ2) is 3.89. The summed E-state index contributed by atoms with van der Waals surface area (Å²) in [6.45, 7) is 4.68. The van der Waals surface area contributed by atoms with Crippen LogP contribution in [0.25, 0.3) is 0 Å². The molecule has 1 heteroatoms. The Morgan fingerprint density at radius 2 is 2.11 bits per heavy atom. The van der Waals surface area contributed by atoms with Gasteiger partial charge in [0.25, 0.3) is 0 Å². The zero-order valence-corrected chi connectivity index (χ0v) is 6.10. The lowest BCUT2D eigenvalue weighted by Crippen LogP contribution is -2.02. The van der Waals surface area contributed by atoms with Crippen LogP contribution in [-0.4, -0.2) is 6.61 Å². The van der Waals surface area contributed by atoms with E-state index in [1.807, 2.05) is 6.92 Å². The summed E-state index contributed by atoms with van der Waals surface area (Å²) in [4.78, 5) is 0. The third-order valence-electron chi connectivity index (χ3n) is 1.97. The van der Waals surface area contributed by atoms with Gasteiger partial charge >= 0.3 is 0 Å². The molecule has 53 valence electrons. The topological polar surface area (TPSA) is 9.23 Å². The van der Waals surface area contributed by atoms with Gasteiger partial charge in [-0.05, 0) is 25.7 Å². The first-order valence-electron chi connectivity index (χ1n) is 3.83. The smallest absolute Gasteiger partial charge is 0.0806 e. The molecule has 0 heterocycles. The van der Waals surface area contributed by atoms with Crippen LogP contribution in [0.3, 0.4) is 0 Å². The summed E-state index contributed by atoms with van der Waals surface area (Å²) in [5, 5.41) is 0. The fourth-order valence-corrected chi connectivity index (χ4v) is 1.41. The van der Waals surface area contributed by atoms with Gasteiger partial charge in [-0.1, -0.05) is 12.8 Å². The van der Waals surface area contributed by atoms with Crippen molar-refractivity contribution in [1.82, 2.24) is 0 Å². The van der Waals surface area contributed by atoms with Crippen molar-refractivity contribution < 1.29 is 4.74 Å². The van der Waals surface area contributed by atoms with Gasteiger partial charge in [0.15, 0.2) is 0 Å². The molecule has 9 heavy (non-hydrogen) atoms. The molecular formula is C8H15O. The summed E-state index contributed by atoms with van der Waals surface area (Å²) < 4.78 is 5.19. The van der Waals surface area contributed by atoms with Gasteiger partial charge in [-0.25, -0.2) is 0 Å². The van der Waals surface area contributed by atoms with Crippen LogP contribution in [-0.2, 0) is 4.74 Å². The number of hydrogen-bond acceptors (Lipinski definition) is 1. The van der Waals surface area contributed by atoms with Crippen molar-refractivity contribution in [3.63, 3.8) is 0 Å². The van der Waals surface area contributed by atoms with Gasteiger partial charge in [0.2, 0.25) is 0 Å². The van der Waals surface area contributed by atoms with Gasteiger partial charge < -0.3 is 4.74 Å². The van der Waals surface area contributed by atoms with Crippen LogP contribution < -0.4 is 0 Å². The minimum Gasteiger partial charge on any atom is -0.376 e. The summed E-state index contributed by atoms with van der Waals surface area (Å²) >= 11 is 0. The zero-order chi connectivity index (χ0) is 6.53. The van der Waals surface area contributed by atoms with Crippen LogP contribution in [0.15, 0.2) is 0 Å². The van der Waals surface area contributed by atoms with Gasteiger partial charge in [0.1, 0.15) is 0 Å². The van der Waals surface area contributed by atoms with Crippen molar-refractivity contribution in [3.05, 3.63) is 6.61 Å². The van der Waals surface area contributed by atoms with Crippen LogP contribution in [0.2, 0.25) is 0 Å². The molecular weight excluding hydrogens is 112 g/mol. The van der Waals surface area contributed by atoms with E-state index in [9.17, 15) is 0 Å². The first kappa shape index (κ1) is 7.07. The molecule has 0 aromatic rings. The molecule has 0 aliphatic heterocycles. The molecule has 1 aliphatic rings. The van der Waals surface area contributed by atoms with E-state index in [4.69, 9.17) is 4.74 Å². The summed E-state index contributed by atoms with van der Waals surface area (Å²) in [7, 11) is 0. The first-order chi connectivity index (χ1) is 4.43. The minimum atomic E-state index is 0.862. The fraction of sp³-hybridized carbons (Fsp3) is 0.875. The molecule has 0 unspecified atom stereocenters. The molecule has 0 saturated heterocycles. The highest BCUT2D eigenvalue weighted by Crippen LogP contribution is 2.24. The third-order valence-corrected chi connectivity index (χ3v) is 1.97. The van der Waals surface area contributed by atoms with Crippen molar-refractivity contribution in [3.8, 4) is 0 Å². The van der Waals surface area contributed by atoms with E-state index in [0.29, 0.717) is 0 Å². The maximum atomic E-state index is 5.19. The lowest BCUT2D eigenvalue weighted by Gasteiger charge is -2.06. The Balaban J connectivity index is 1.98. The first-order valence-corrected chi connectivity index (χ1v) is 3.83. The number of hydrogen-bond donors (Lipinski definition) is 0. The Kier molecular flexibility index (Phi) is 3.05. The maximum Gasteiger partial charge on any atom is 0.0806 e. The van der Waals surface area contributed by atoms with Crippen molar-refractivity contribution in [1.29, 1.82) is 0 Å². The van der Waals surface area contributed by atoms with E-state index in [2.05, 4.69) is 0 Å². The molecule has 1 fully saturated rings. The zero-order valence-electron chi connectivity index (χ0n) is 6.10. The van der Waals surface area contributed by atoms with Crippen molar-refractivity contribution in [2.45, 2.75) is 32.6 Å². The summed E-state index contributed by atoms with van der Waals surface area (Å²) in [6, 6.07) is 0. The Morgan fingerprint density at radius 3 is 2.67 bits per heavy atom. The van der Waals surface area contributed by atoms with Gasteiger partial charge in [0.05, 0.1) is 6.61 Å². The van der Waals surface area contributed by atoms with Crippen molar-refractivity contribution in [2.75, 3.05) is 6.61 Å². The molecule has 0 aromatic heterocycles. The van der Waals surface area contributed by atoms with Crippen LogP contribution in [0.1, 0.15) is 32.6 Å². The normalized spacial score (nSPS) is 21.0. The minimum absolute atomic E-state index is 0.862. The molecule has 1 radical (unpaired) electrons. The number of rotatable bonds is 3. The fourth-order valence-electron chi connectivity index (χ4n) is 1.41. The average Bonchev–Trinajstić information content (AvgIpc) is 2.34. The van der Waals surface area contributed by atoms with Crippen LogP contribution in [0, 0.1) is 12.5 Å². The Labute approximate surface area is 57.4 Å². The molecule has 1 nitrogen and oxygen atoms in total. The molecule has 0 bridgehead atoms. The van der Waals surface area contributed by atoms with Crippen LogP contribution in [0.5, 0.6) is 0 Å². The summed E-state index contributed by atoms with van der Waals surface area (Å²) in [5.74, 6) is 0.862. The van der Waals surface area contributed by atoms with Gasteiger partial charge in [-0.15, -0.1) is 0 Å². The third kappa shape index (κ3) is 2.35. The highest BCUT2D eigenvalue weighted by molar-refractivity contribution is 4.66. The standard InChI is InChI=1S/C8H15O/c1-2-9-7-8-5-3-4-6-8/h2,8H,3-7H2,1H3. The van der Waals surface area contributed by atoms with Crippen molar-refractivity contribution >= 4 is 0 Å². The molecule has 1 rings (SSSR count). The average molecular weight is 127 g/mol. The molecule has 0 amide bonds. The van der Waals surface area contributed by atoms with E-state index >= 15 is 0 Å².